The first-order valence-electron chi connectivity index (χ1n) is 8.60. The van der Waals surface area contributed by atoms with Gasteiger partial charge in [0.25, 0.3) is 10.0 Å². The maximum absolute atomic E-state index is 12.9. The van der Waals surface area contributed by atoms with Crippen LogP contribution in [-0.2, 0) is 26.0 Å². The summed E-state index contributed by atoms with van der Waals surface area (Å²) >= 11 is 0. The van der Waals surface area contributed by atoms with Crippen LogP contribution in [0.25, 0.3) is 0 Å². The van der Waals surface area contributed by atoms with E-state index < -0.39 is 27.8 Å². The molecule has 27 heavy (non-hydrogen) atoms. The van der Waals surface area contributed by atoms with E-state index in [1.807, 2.05) is 32.0 Å². The Balaban J connectivity index is 1.99. The molecule has 0 unspecified atom stereocenters. The molecule has 3 N–H and O–H groups in total. The van der Waals surface area contributed by atoms with Gasteiger partial charge in [-0.05, 0) is 49.6 Å². The topological polar surface area (TPSA) is 104 Å². The highest BCUT2D eigenvalue weighted by Crippen LogP contribution is 2.30. The zero-order valence-electron chi connectivity index (χ0n) is 15.3. The molecule has 8 heteroatoms. The number of benzene rings is 2. The van der Waals surface area contributed by atoms with Gasteiger partial charge in [-0.3, -0.25) is 14.3 Å². The lowest BCUT2D eigenvalue weighted by atomic mass is 10.1. The molecule has 0 aromatic heterocycles. The molecule has 2 aromatic carbocycles. The molecule has 2 amide bonds. The Morgan fingerprint density at radius 2 is 1.70 bits per heavy atom. The average Bonchev–Trinajstić information content (AvgIpc) is 2.73. The molecule has 7 nitrogen and oxygen atoms in total. The third kappa shape index (κ3) is 3.66. The van der Waals surface area contributed by atoms with Gasteiger partial charge in [0.1, 0.15) is 5.92 Å². The normalized spacial score (nSPS) is 16.8. The van der Waals surface area contributed by atoms with Crippen molar-refractivity contribution in [1.29, 1.82) is 0 Å². The van der Waals surface area contributed by atoms with Gasteiger partial charge in [0, 0.05) is 0 Å². The fourth-order valence-electron chi connectivity index (χ4n) is 2.87. The van der Waals surface area contributed by atoms with Crippen molar-refractivity contribution in [3.8, 4) is 0 Å². The number of aryl methyl sites for hydroxylation is 2. The Kier molecular flexibility index (Phi) is 4.93. The van der Waals surface area contributed by atoms with E-state index in [0.717, 1.165) is 11.1 Å². The maximum atomic E-state index is 12.9. The maximum Gasteiger partial charge on any atom is 0.261 e. The molecule has 142 valence electrons. The number of anilines is 3. The van der Waals surface area contributed by atoms with Gasteiger partial charge in [-0.15, -0.1) is 0 Å². The minimum absolute atomic E-state index is 0.00402. The molecular formula is C19H21N3O4S. The summed E-state index contributed by atoms with van der Waals surface area (Å²) < 4.78 is 28.4. The molecule has 3 rings (SSSR count). The monoisotopic (exact) mass is 387 g/mol. The fraction of sp³-hybridized carbons (Fsp3) is 0.263. The lowest BCUT2D eigenvalue weighted by molar-refractivity contribution is -0.128. The third-order valence-corrected chi connectivity index (χ3v) is 5.93. The second-order valence-electron chi connectivity index (χ2n) is 6.48. The van der Waals surface area contributed by atoms with Gasteiger partial charge in [-0.25, -0.2) is 8.42 Å². The molecule has 2 aromatic rings. The molecule has 1 atom stereocenters. The second kappa shape index (κ2) is 7.03. The predicted molar refractivity (Wildman–Crippen MR) is 104 cm³/mol. The molecule has 1 aliphatic heterocycles. The van der Waals surface area contributed by atoms with Crippen LogP contribution in [0.4, 0.5) is 17.1 Å². The number of rotatable bonds is 4. The number of sulfonamides is 1. The van der Waals surface area contributed by atoms with Crippen molar-refractivity contribution in [2.24, 2.45) is 5.92 Å². The Hall–Kier alpha value is -2.87. The summed E-state index contributed by atoms with van der Waals surface area (Å²) in [5, 5.41) is 5.22. The van der Waals surface area contributed by atoms with E-state index >= 15 is 0 Å². The van der Waals surface area contributed by atoms with E-state index in [1.165, 1.54) is 25.1 Å². The Morgan fingerprint density at radius 1 is 1.04 bits per heavy atom. The van der Waals surface area contributed by atoms with E-state index in [4.69, 9.17) is 0 Å². The van der Waals surface area contributed by atoms with Gasteiger partial charge in [-0.1, -0.05) is 25.1 Å². The Labute approximate surface area is 158 Å². The number of carbonyl (C=O) groups excluding carboxylic acids is 2. The molecule has 0 fully saturated rings. The van der Waals surface area contributed by atoms with Crippen LogP contribution in [0, 0.1) is 12.8 Å². The number of hydrogen-bond acceptors (Lipinski definition) is 4. The summed E-state index contributed by atoms with van der Waals surface area (Å²) in [4.78, 5) is 23.9. The lowest BCUT2D eigenvalue weighted by Crippen LogP contribution is -2.28. The summed E-state index contributed by atoms with van der Waals surface area (Å²) in [6.07, 6.45) is 0.684. The van der Waals surface area contributed by atoms with Crippen LogP contribution >= 0.6 is 0 Å². The molecule has 1 aliphatic rings. The highest BCUT2D eigenvalue weighted by Gasteiger charge is 2.28. The first-order chi connectivity index (χ1) is 12.7. The lowest BCUT2D eigenvalue weighted by Gasteiger charge is -2.15. The molecule has 1 heterocycles. The van der Waals surface area contributed by atoms with Crippen molar-refractivity contribution < 1.29 is 18.0 Å². The molecular weight excluding hydrogens is 366 g/mol. The Morgan fingerprint density at radius 3 is 2.37 bits per heavy atom. The van der Waals surface area contributed by atoms with Crippen molar-refractivity contribution in [3.63, 3.8) is 0 Å². The number of nitrogens with one attached hydrogen (secondary N) is 3. The predicted octanol–water partition coefficient (Wildman–Crippen LogP) is 2.88. The van der Waals surface area contributed by atoms with Crippen LogP contribution in [0.2, 0.25) is 0 Å². The minimum Gasteiger partial charge on any atom is -0.324 e. The van der Waals surface area contributed by atoms with Gasteiger partial charge in [0.05, 0.1) is 22.0 Å². The van der Waals surface area contributed by atoms with E-state index in [2.05, 4.69) is 15.4 Å². The van der Waals surface area contributed by atoms with Crippen molar-refractivity contribution in [2.75, 3.05) is 15.4 Å². The van der Waals surface area contributed by atoms with Crippen LogP contribution in [0.5, 0.6) is 0 Å². The molecule has 0 saturated heterocycles. The van der Waals surface area contributed by atoms with Crippen molar-refractivity contribution in [3.05, 3.63) is 47.5 Å². The smallest absolute Gasteiger partial charge is 0.261 e. The summed E-state index contributed by atoms with van der Waals surface area (Å²) in [6.45, 7) is 5.28. The van der Waals surface area contributed by atoms with Gasteiger partial charge < -0.3 is 10.6 Å². The van der Waals surface area contributed by atoms with Crippen LogP contribution in [0.1, 0.15) is 25.0 Å². The van der Waals surface area contributed by atoms with Crippen LogP contribution < -0.4 is 15.4 Å². The van der Waals surface area contributed by atoms with Gasteiger partial charge in [0.2, 0.25) is 11.8 Å². The zero-order chi connectivity index (χ0) is 19.8. The van der Waals surface area contributed by atoms with Gasteiger partial charge in [0.15, 0.2) is 0 Å². The van der Waals surface area contributed by atoms with Crippen molar-refractivity contribution in [1.82, 2.24) is 0 Å². The zero-order valence-corrected chi connectivity index (χ0v) is 16.1. The first kappa shape index (κ1) is 18.9. The van der Waals surface area contributed by atoms with Crippen LogP contribution in [0.3, 0.4) is 0 Å². The van der Waals surface area contributed by atoms with Crippen molar-refractivity contribution >= 4 is 38.9 Å². The van der Waals surface area contributed by atoms with Gasteiger partial charge >= 0.3 is 0 Å². The number of carbonyl (C=O) groups is 2. The number of hydrogen-bond donors (Lipinski definition) is 3. The summed E-state index contributed by atoms with van der Waals surface area (Å²) in [5.74, 6) is -1.79. The van der Waals surface area contributed by atoms with E-state index in [9.17, 15) is 18.0 Å². The molecule has 0 saturated carbocycles. The van der Waals surface area contributed by atoms with E-state index in [0.29, 0.717) is 17.8 Å². The van der Waals surface area contributed by atoms with Gasteiger partial charge in [-0.2, -0.15) is 0 Å². The summed E-state index contributed by atoms with van der Waals surface area (Å²) in [5.41, 5.74) is 2.88. The largest absolute Gasteiger partial charge is 0.324 e. The minimum atomic E-state index is -3.87. The first-order valence-corrected chi connectivity index (χ1v) is 10.1. The highest BCUT2D eigenvalue weighted by molar-refractivity contribution is 7.92. The summed E-state index contributed by atoms with van der Waals surface area (Å²) in [6, 6.07) is 9.81. The second-order valence-corrected chi connectivity index (χ2v) is 8.16. The standard InChI is InChI=1S/C19H21N3O4S/c1-4-13-7-5-6-11(2)17(13)22-27(25,26)14-8-9-15-16(10-14)21-19(24)12(3)18(23)20-15/h5-10,12,22H,4H2,1-3H3,(H,20,23)(H,21,24)/t12-/m1/s1. The number of para-hydroxylation sites is 1. The molecule has 0 radical (unpaired) electrons. The van der Waals surface area contributed by atoms with E-state index in [-0.39, 0.29) is 10.6 Å². The Bertz CT molecular complexity index is 1030. The summed E-state index contributed by atoms with van der Waals surface area (Å²) in [7, 11) is -3.87. The molecule has 0 aliphatic carbocycles. The van der Waals surface area contributed by atoms with Crippen LogP contribution in [-0.4, -0.2) is 20.2 Å². The van der Waals surface area contributed by atoms with Crippen LogP contribution in [0.15, 0.2) is 41.3 Å². The fourth-order valence-corrected chi connectivity index (χ4v) is 4.07. The number of amides is 2. The van der Waals surface area contributed by atoms with E-state index in [1.54, 1.807) is 0 Å². The van der Waals surface area contributed by atoms with Crippen molar-refractivity contribution in [2.45, 2.75) is 32.1 Å². The average molecular weight is 387 g/mol. The molecule has 0 bridgehead atoms. The molecule has 0 spiro atoms. The number of fused-ring (bicyclic) bond motifs is 1. The quantitative estimate of drug-likeness (QED) is 0.702. The SMILES string of the molecule is CCc1cccc(C)c1NS(=O)(=O)c1ccc2c(c1)NC(=O)[C@H](C)C(=O)N2. The third-order valence-electron chi connectivity index (χ3n) is 4.58. The highest BCUT2D eigenvalue weighted by atomic mass is 32.2.